The third-order valence-electron chi connectivity index (χ3n) is 6.44. The van der Waals surface area contributed by atoms with Crippen molar-refractivity contribution in [3.05, 3.63) is 36.0 Å². The number of esters is 1. The summed E-state index contributed by atoms with van der Waals surface area (Å²) in [5.41, 5.74) is 1.80. The standard InChI is InChI=1S/C22H30N2O2/c1-26-22(25)20-16-24(21-10-5-4-9-19(20)21)13-6-12-23-14-11-17-7-2-3-8-18(17)15-23/h4-5,9-10,16-18H,2-3,6-8,11-15H2,1H3. The number of para-hydroxylation sites is 1. The van der Waals surface area contributed by atoms with Gasteiger partial charge in [0.15, 0.2) is 0 Å². The fraction of sp³-hybridized carbons (Fsp3) is 0.591. The van der Waals surface area contributed by atoms with Crippen molar-refractivity contribution in [1.82, 2.24) is 9.47 Å². The van der Waals surface area contributed by atoms with Crippen LogP contribution in [0.1, 0.15) is 48.9 Å². The molecule has 0 radical (unpaired) electrons. The van der Waals surface area contributed by atoms with Crippen LogP contribution in [0.25, 0.3) is 10.9 Å². The predicted octanol–water partition coefficient (Wildman–Crippen LogP) is 4.33. The van der Waals surface area contributed by atoms with Crippen molar-refractivity contribution in [2.75, 3.05) is 26.7 Å². The van der Waals surface area contributed by atoms with Crippen LogP contribution < -0.4 is 0 Å². The Morgan fingerprint density at radius 2 is 1.92 bits per heavy atom. The SMILES string of the molecule is COC(=O)c1cn(CCCN2CCC3CCCCC3C2)c2ccccc12. The monoisotopic (exact) mass is 354 g/mol. The first kappa shape index (κ1) is 17.6. The second-order valence-electron chi connectivity index (χ2n) is 7.99. The molecule has 1 aliphatic heterocycles. The second-order valence-corrected chi connectivity index (χ2v) is 7.99. The Labute approximate surface area is 156 Å². The normalized spacial score (nSPS) is 23.7. The van der Waals surface area contributed by atoms with Gasteiger partial charge in [0.2, 0.25) is 0 Å². The first-order chi connectivity index (χ1) is 12.8. The molecule has 2 heterocycles. The molecule has 2 aromatic rings. The van der Waals surface area contributed by atoms with E-state index < -0.39 is 0 Å². The highest BCUT2D eigenvalue weighted by molar-refractivity contribution is 6.04. The lowest BCUT2D eigenvalue weighted by Gasteiger charge is -2.41. The summed E-state index contributed by atoms with van der Waals surface area (Å²) in [7, 11) is 1.45. The van der Waals surface area contributed by atoms with Crippen molar-refractivity contribution < 1.29 is 9.53 Å². The Kier molecular flexibility index (Phi) is 5.30. The van der Waals surface area contributed by atoms with Gasteiger partial charge >= 0.3 is 5.97 Å². The lowest BCUT2D eigenvalue weighted by molar-refractivity contribution is 0.0602. The van der Waals surface area contributed by atoms with Gasteiger partial charge in [0.25, 0.3) is 0 Å². The van der Waals surface area contributed by atoms with Crippen LogP contribution in [0.15, 0.2) is 30.5 Å². The van der Waals surface area contributed by atoms with E-state index in [9.17, 15) is 4.79 Å². The first-order valence-electron chi connectivity index (χ1n) is 10.1. The molecule has 4 rings (SSSR count). The molecule has 1 aliphatic carbocycles. The van der Waals surface area contributed by atoms with E-state index in [1.165, 1.54) is 52.3 Å². The molecule has 140 valence electrons. The molecule has 2 unspecified atom stereocenters. The van der Waals surface area contributed by atoms with E-state index in [1.54, 1.807) is 0 Å². The van der Waals surface area contributed by atoms with Gasteiger partial charge in [-0.05, 0) is 50.3 Å². The molecule has 0 N–H and O–H groups in total. The quantitative estimate of drug-likeness (QED) is 0.750. The maximum absolute atomic E-state index is 12.1. The number of aromatic nitrogens is 1. The van der Waals surface area contributed by atoms with Gasteiger partial charge < -0.3 is 14.2 Å². The van der Waals surface area contributed by atoms with Crippen LogP contribution in [0, 0.1) is 11.8 Å². The van der Waals surface area contributed by atoms with Crippen molar-refractivity contribution >= 4 is 16.9 Å². The molecule has 1 aromatic carbocycles. The molecule has 0 amide bonds. The smallest absolute Gasteiger partial charge is 0.340 e. The number of hydrogen-bond acceptors (Lipinski definition) is 3. The largest absolute Gasteiger partial charge is 0.465 e. The average Bonchev–Trinajstić information content (AvgIpc) is 3.06. The van der Waals surface area contributed by atoms with Gasteiger partial charge in [-0.3, -0.25) is 0 Å². The Morgan fingerprint density at radius 1 is 1.12 bits per heavy atom. The van der Waals surface area contributed by atoms with E-state index in [0.717, 1.165) is 42.2 Å². The predicted molar refractivity (Wildman–Crippen MR) is 104 cm³/mol. The number of ether oxygens (including phenoxy) is 1. The first-order valence-corrected chi connectivity index (χ1v) is 10.1. The number of carbonyl (C=O) groups excluding carboxylic acids is 1. The fourth-order valence-corrected chi connectivity index (χ4v) is 5.05. The van der Waals surface area contributed by atoms with E-state index in [-0.39, 0.29) is 5.97 Å². The minimum atomic E-state index is -0.251. The van der Waals surface area contributed by atoms with E-state index in [4.69, 9.17) is 4.74 Å². The highest BCUT2D eigenvalue weighted by Crippen LogP contribution is 2.36. The van der Waals surface area contributed by atoms with Crippen LogP contribution in [0.3, 0.4) is 0 Å². The molecule has 2 fully saturated rings. The molecule has 0 bridgehead atoms. The summed E-state index contributed by atoms with van der Waals surface area (Å²) in [6, 6.07) is 8.11. The van der Waals surface area contributed by atoms with Gasteiger partial charge in [-0.15, -0.1) is 0 Å². The number of likely N-dealkylation sites (tertiary alicyclic amines) is 1. The molecule has 2 atom stereocenters. The topological polar surface area (TPSA) is 34.5 Å². The number of rotatable bonds is 5. The Bertz CT molecular complexity index is 767. The summed E-state index contributed by atoms with van der Waals surface area (Å²) in [5.74, 6) is 1.69. The minimum absolute atomic E-state index is 0.251. The van der Waals surface area contributed by atoms with Crippen LogP contribution in [0.2, 0.25) is 0 Å². The zero-order valence-electron chi connectivity index (χ0n) is 15.8. The number of nitrogens with zero attached hydrogens (tertiary/aromatic N) is 2. The zero-order chi connectivity index (χ0) is 17.9. The molecule has 1 saturated heterocycles. The Morgan fingerprint density at radius 3 is 2.77 bits per heavy atom. The van der Waals surface area contributed by atoms with Crippen LogP contribution in [0.4, 0.5) is 0 Å². The molecular weight excluding hydrogens is 324 g/mol. The van der Waals surface area contributed by atoms with Gasteiger partial charge in [-0.25, -0.2) is 4.79 Å². The van der Waals surface area contributed by atoms with Crippen LogP contribution in [-0.4, -0.2) is 42.2 Å². The molecule has 4 heteroatoms. The van der Waals surface area contributed by atoms with Crippen LogP contribution >= 0.6 is 0 Å². The lowest BCUT2D eigenvalue weighted by atomic mass is 9.75. The third kappa shape index (κ3) is 3.52. The lowest BCUT2D eigenvalue weighted by Crippen LogP contribution is -2.42. The second kappa shape index (κ2) is 7.83. The van der Waals surface area contributed by atoms with E-state index in [0.29, 0.717) is 5.56 Å². The number of carbonyl (C=O) groups is 1. The minimum Gasteiger partial charge on any atom is -0.465 e. The number of methoxy groups -OCH3 is 1. The Balaban J connectivity index is 1.38. The summed E-state index contributed by atoms with van der Waals surface area (Å²) in [6.45, 7) is 4.66. The maximum Gasteiger partial charge on any atom is 0.340 e. The molecule has 4 nitrogen and oxygen atoms in total. The van der Waals surface area contributed by atoms with Crippen molar-refractivity contribution in [2.45, 2.75) is 45.1 Å². The summed E-state index contributed by atoms with van der Waals surface area (Å²) < 4.78 is 7.16. The molecule has 2 aliphatic rings. The molecule has 1 aromatic heterocycles. The molecule has 26 heavy (non-hydrogen) atoms. The van der Waals surface area contributed by atoms with Crippen molar-refractivity contribution in [1.29, 1.82) is 0 Å². The van der Waals surface area contributed by atoms with Gasteiger partial charge in [-0.2, -0.15) is 0 Å². The summed E-state index contributed by atoms with van der Waals surface area (Å²) in [4.78, 5) is 14.7. The van der Waals surface area contributed by atoms with Crippen LogP contribution in [-0.2, 0) is 11.3 Å². The fourth-order valence-electron chi connectivity index (χ4n) is 5.05. The third-order valence-corrected chi connectivity index (χ3v) is 6.44. The molecule has 0 spiro atoms. The van der Waals surface area contributed by atoms with Gasteiger partial charge in [-0.1, -0.05) is 37.5 Å². The van der Waals surface area contributed by atoms with Crippen molar-refractivity contribution in [3.63, 3.8) is 0 Å². The number of benzene rings is 1. The summed E-state index contributed by atoms with van der Waals surface area (Å²) in [5, 5.41) is 0.988. The summed E-state index contributed by atoms with van der Waals surface area (Å²) in [6.07, 6.45) is 10.3. The molecular formula is C22H30N2O2. The highest BCUT2D eigenvalue weighted by atomic mass is 16.5. The Hall–Kier alpha value is -1.81. The van der Waals surface area contributed by atoms with Crippen LogP contribution in [0.5, 0.6) is 0 Å². The number of aryl methyl sites for hydroxylation is 1. The molecule has 1 saturated carbocycles. The van der Waals surface area contributed by atoms with Crippen molar-refractivity contribution in [3.8, 4) is 0 Å². The van der Waals surface area contributed by atoms with Crippen molar-refractivity contribution in [2.24, 2.45) is 11.8 Å². The number of hydrogen-bond donors (Lipinski definition) is 0. The van der Waals surface area contributed by atoms with Gasteiger partial charge in [0, 0.05) is 30.2 Å². The van der Waals surface area contributed by atoms with E-state index >= 15 is 0 Å². The average molecular weight is 354 g/mol. The summed E-state index contributed by atoms with van der Waals surface area (Å²) >= 11 is 0. The number of piperidine rings is 1. The van der Waals surface area contributed by atoms with Gasteiger partial charge in [0.05, 0.1) is 12.7 Å². The van der Waals surface area contributed by atoms with E-state index in [1.807, 2.05) is 24.4 Å². The van der Waals surface area contributed by atoms with E-state index in [2.05, 4.69) is 15.5 Å². The zero-order valence-corrected chi connectivity index (χ0v) is 15.8. The van der Waals surface area contributed by atoms with Gasteiger partial charge in [0.1, 0.15) is 0 Å². The highest BCUT2D eigenvalue weighted by Gasteiger charge is 2.30. The maximum atomic E-state index is 12.1. The number of fused-ring (bicyclic) bond motifs is 2.